The molecule has 0 saturated carbocycles. The van der Waals surface area contributed by atoms with Crippen LogP contribution < -0.4 is 20.7 Å². The molecule has 324 valence electrons. The SMILES string of the molecule is [2H]c1c(-c2ccccc2-c2cccc(-c3nc(-c4ccccc4)nc(-c4cccc([Si](c5ccccc5)(c5ccccc5)c5ccc6c(c5)sc5ccccc56)c4)n3)c2)cc2c(oc3c([2H])c([2H])c([2H])c([2H])c32)c1[2H]. The maximum absolute atomic E-state index is 9.24. The Hall–Kier alpha value is -8.55. The molecular formula is C63H41N3OSSi. The van der Waals surface area contributed by atoms with E-state index in [-0.39, 0.29) is 40.7 Å². The second-order valence-electron chi connectivity index (χ2n) is 17.0. The topological polar surface area (TPSA) is 51.8 Å². The van der Waals surface area contributed by atoms with Gasteiger partial charge in [0.25, 0.3) is 0 Å². The summed E-state index contributed by atoms with van der Waals surface area (Å²) >= 11 is 1.83. The largest absolute Gasteiger partial charge is 0.456 e. The fourth-order valence-corrected chi connectivity index (χ4v) is 15.9. The number of aromatic nitrogens is 3. The van der Waals surface area contributed by atoms with E-state index in [9.17, 15) is 1.37 Å². The fourth-order valence-electron chi connectivity index (χ4n) is 9.89. The molecule has 0 aliphatic carbocycles. The zero-order chi connectivity index (χ0) is 51.0. The summed E-state index contributed by atoms with van der Waals surface area (Å²) in [5, 5.41) is 8.02. The summed E-state index contributed by atoms with van der Waals surface area (Å²) in [5.41, 5.74) is 5.12. The van der Waals surface area contributed by atoms with E-state index in [0.717, 1.165) is 27.8 Å². The Balaban J connectivity index is 0.974. The van der Waals surface area contributed by atoms with Crippen LogP contribution in [0, 0.1) is 0 Å². The molecule has 0 spiro atoms. The van der Waals surface area contributed by atoms with E-state index in [2.05, 4.69) is 127 Å². The molecule has 0 radical (unpaired) electrons. The molecule has 0 atom stereocenters. The van der Waals surface area contributed by atoms with Gasteiger partial charge in [-0.15, -0.1) is 11.3 Å². The minimum Gasteiger partial charge on any atom is -0.456 e. The summed E-state index contributed by atoms with van der Waals surface area (Å²) in [4.78, 5) is 15.7. The van der Waals surface area contributed by atoms with Gasteiger partial charge in [0, 0.05) is 47.6 Å². The minimum absolute atomic E-state index is 0.0393. The maximum Gasteiger partial charge on any atom is 0.179 e. The van der Waals surface area contributed by atoms with Gasteiger partial charge in [-0.25, -0.2) is 15.0 Å². The van der Waals surface area contributed by atoms with Crippen LogP contribution in [0.1, 0.15) is 8.22 Å². The van der Waals surface area contributed by atoms with E-state index < -0.39 is 20.2 Å². The number of hydrogen-bond acceptors (Lipinski definition) is 5. The molecule has 13 aromatic rings. The van der Waals surface area contributed by atoms with Crippen LogP contribution in [0.15, 0.2) is 253 Å². The third-order valence-electron chi connectivity index (χ3n) is 13.1. The summed E-state index contributed by atoms with van der Waals surface area (Å²) in [6.45, 7) is 0. The van der Waals surface area contributed by atoms with Crippen LogP contribution in [0.3, 0.4) is 0 Å². The Kier molecular flexibility index (Phi) is 8.53. The molecule has 0 aliphatic heterocycles. The highest BCUT2D eigenvalue weighted by atomic mass is 32.1. The molecule has 10 aromatic carbocycles. The van der Waals surface area contributed by atoms with Crippen molar-refractivity contribution in [3.05, 3.63) is 249 Å². The van der Waals surface area contributed by atoms with Gasteiger partial charge in [0.2, 0.25) is 0 Å². The molecule has 0 aliphatic rings. The van der Waals surface area contributed by atoms with Gasteiger partial charge in [-0.2, -0.15) is 0 Å². The molecule has 0 amide bonds. The average molecular weight is 922 g/mol. The number of hydrogen-bond donors (Lipinski definition) is 0. The van der Waals surface area contributed by atoms with E-state index in [1.165, 1.54) is 40.9 Å². The lowest BCUT2D eigenvalue weighted by molar-refractivity contribution is 0.669. The molecule has 13 rings (SSSR count). The summed E-state index contributed by atoms with van der Waals surface area (Å²) in [6, 6.07) is 71.9. The smallest absolute Gasteiger partial charge is 0.179 e. The van der Waals surface area contributed by atoms with Crippen molar-refractivity contribution in [3.8, 4) is 56.4 Å². The number of fused-ring (bicyclic) bond motifs is 6. The Morgan fingerprint density at radius 3 is 1.64 bits per heavy atom. The van der Waals surface area contributed by atoms with Crippen LogP contribution in [-0.2, 0) is 0 Å². The van der Waals surface area contributed by atoms with E-state index in [1.54, 1.807) is 6.07 Å². The molecular weight excluding hydrogens is 875 g/mol. The first kappa shape index (κ1) is 34.7. The van der Waals surface area contributed by atoms with Gasteiger partial charge in [0.15, 0.2) is 25.5 Å². The minimum atomic E-state index is -3.04. The molecule has 6 heteroatoms. The van der Waals surface area contributed by atoms with Crippen molar-refractivity contribution in [1.82, 2.24) is 15.0 Å². The van der Waals surface area contributed by atoms with Crippen molar-refractivity contribution in [1.29, 1.82) is 0 Å². The van der Waals surface area contributed by atoms with Gasteiger partial charge in [0.05, 0.1) is 8.22 Å². The highest BCUT2D eigenvalue weighted by molar-refractivity contribution is 7.26. The van der Waals surface area contributed by atoms with Gasteiger partial charge in [-0.05, 0) is 79.4 Å². The number of furan rings is 1. The van der Waals surface area contributed by atoms with Crippen LogP contribution in [0.25, 0.3) is 98.5 Å². The number of benzene rings is 10. The molecule has 0 fully saturated rings. The van der Waals surface area contributed by atoms with Crippen molar-refractivity contribution in [2.24, 2.45) is 0 Å². The normalized spacial score (nSPS) is 13.0. The van der Waals surface area contributed by atoms with Crippen molar-refractivity contribution in [2.75, 3.05) is 0 Å². The molecule has 0 saturated heterocycles. The first-order valence-corrected chi connectivity index (χ1v) is 25.6. The van der Waals surface area contributed by atoms with Crippen LogP contribution in [0.2, 0.25) is 0 Å². The molecule has 69 heavy (non-hydrogen) atoms. The Morgan fingerprint density at radius 2 is 0.884 bits per heavy atom. The van der Waals surface area contributed by atoms with E-state index >= 15 is 0 Å². The second-order valence-corrected chi connectivity index (χ2v) is 21.9. The highest BCUT2D eigenvalue weighted by Gasteiger charge is 2.42. The first-order chi connectivity index (χ1) is 36.7. The second kappa shape index (κ2) is 17.0. The summed E-state index contributed by atoms with van der Waals surface area (Å²) in [5.74, 6) is 1.52. The lowest BCUT2D eigenvalue weighted by Gasteiger charge is -2.34. The van der Waals surface area contributed by atoms with Crippen LogP contribution >= 0.6 is 11.3 Å². The van der Waals surface area contributed by atoms with E-state index in [4.69, 9.17) is 26.2 Å². The molecule has 0 bridgehead atoms. The number of rotatable bonds is 9. The van der Waals surface area contributed by atoms with Crippen molar-refractivity contribution < 1.29 is 12.6 Å². The van der Waals surface area contributed by atoms with Crippen LogP contribution in [0.5, 0.6) is 0 Å². The Bertz CT molecular complexity index is 4360. The van der Waals surface area contributed by atoms with Gasteiger partial charge in [0.1, 0.15) is 11.2 Å². The standard InChI is InChI=1S/C63H41N3OSSi/c1-4-18-42(19-5-1)61-64-62(45-21-16-20-43(38-45)51-28-10-11-29-52(51)44-34-37-58-56(40-44)53-30-12-14-32-57(53)67-58)66-63(65-61)46-22-17-27-49(39-46)69(47-23-6-2-7-24-47,48-25-8-3-9-26-48)50-35-36-55-54-31-13-15-33-59(54)68-60(55)41-50/h1-41H/i12D,14D,30D,32D,34D,37D. The zero-order valence-electron chi connectivity index (χ0n) is 42.9. The third kappa shape index (κ3) is 7.08. The van der Waals surface area contributed by atoms with E-state index in [0.29, 0.717) is 34.0 Å². The Labute approximate surface area is 413 Å². The van der Waals surface area contributed by atoms with Gasteiger partial charge in [-0.3, -0.25) is 0 Å². The highest BCUT2D eigenvalue weighted by Crippen LogP contribution is 2.38. The van der Waals surface area contributed by atoms with Gasteiger partial charge < -0.3 is 4.42 Å². The molecule has 3 heterocycles. The average Bonchev–Trinajstić information content (AvgIpc) is 4.11. The monoisotopic (exact) mass is 921 g/mol. The van der Waals surface area contributed by atoms with Gasteiger partial charge >= 0.3 is 0 Å². The zero-order valence-corrected chi connectivity index (χ0v) is 38.7. The lowest BCUT2D eigenvalue weighted by atomic mass is 9.93. The van der Waals surface area contributed by atoms with Crippen LogP contribution in [-0.4, -0.2) is 23.0 Å². The Morgan fingerprint density at radius 1 is 0.348 bits per heavy atom. The van der Waals surface area contributed by atoms with Gasteiger partial charge in [-0.1, -0.05) is 212 Å². The molecule has 4 nitrogen and oxygen atoms in total. The predicted molar refractivity (Wildman–Crippen MR) is 291 cm³/mol. The summed E-state index contributed by atoms with van der Waals surface area (Å²) in [6.07, 6.45) is 0. The maximum atomic E-state index is 9.24. The summed E-state index contributed by atoms with van der Waals surface area (Å²) in [7, 11) is -3.04. The predicted octanol–water partition coefficient (Wildman–Crippen LogP) is 13.9. The number of para-hydroxylation sites is 1. The molecule has 3 aromatic heterocycles. The van der Waals surface area contributed by atoms with Crippen molar-refractivity contribution in [2.45, 2.75) is 0 Å². The van der Waals surface area contributed by atoms with Crippen LogP contribution in [0.4, 0.5) is 0 Å². The molecule has 0 N–H and O–H groups in total. The fraction of sp³-hybridized carbons (Fsp3) is 0. The number of thiophene rings is 1. The van der Waals surface area contributed by atoms with Crippen molar-refractivity contribution >= 4 is 82.3 Å². The van der Waals surface area contributed by atoms with Crippen molar-refractivity contribution in [3.63, 3.8) is 0 Å². The third-order valence-corrected chi connectivity index (χ3v) is 19.0. The lowest BCUT2D eigenvalue weighted by Crippen LogP contribution is -2.74. The summed E-state index contributed by atoms with van der Waals surface area (Å²) < 4.78 is 60.7. The molecule has 0 unspecified atom stereocenters. The number of nitrogens with zero attached hydrogens (tertiary/aromatic N) is 3. The quantitative estimate of drug-likeness (QED) is 0.107. The van der Waals surface area contributed by atoms with E-state index in [1.807, 2.05) is 90.2 Å². The first-order valence-electron chi connectivity index (χ1n) is 25.8.